The highest BCUT2D eigenvalue weighted by Gasteiger charge is 2.23. The van der Waals surface area contributed by atoms with E-state index in [4.69, 9.17) is 9.26 Å². The van der Waals surface area contributed by atoms with Gasteiger partial charge in [-0.25, -0.2) is 0 Å². The second kappa shape index (κ2) is 6.87. The summed E-state index contributed by atoms with van der Waals surface area (Å²) in [5.74, 6) is 1.07. The highest BCUT2D eigenvalue weighted by atomic mass is 16.5. The minimum Gasteiger partial charge on any atom is -0.383 e. The van der Waals surface area contributed by atoms with Gasteiger partial charge in [-0.05, 0) is 13.0 Å². The Labute approximate surface area is 108 Å². The lowest BCUT2D eigenvalue weighted by atomic mass is 10.1. The zero-order valence-electron chi connectivity index (χ0n) is 11.4. The molecule has 1 aliphatic rings. The lowest BCUT2D eigenvalue weighted by Gasteiger charge is -2.25. The van der Waals surface area contributed by atoms with Crippen molar-refractivity contribution < 1.29 is 9.26 Å². The van der Waals surface area contributed by atoms with E-state index in [9.17, 15) is 0 Å². The van der Waals surface area contributed by atoms with Crippen LogP contribution in [0.25, 0.3) is 0 Å². The van der Waals surface area contributed by atoms with Crippen LogP contribution in [0.3, 0.4) is 0 Å². The molecule has 0 amide bonds. The molecule has 1 N–H and O–H groups in total. The maximum absolute atomic E-state index is 5.42. The van der Waals surface area contributed by atoms with Gasteiger partial charge in [-0.15, -0.1) is 0 Å². The zero-order chi connectivity index (χ0) is 12.8. The smallest absolute Gasteiger partial charge is 0.142 e. The highest BCUT2D eigenvalue weighted by Crippen LogP contribution is 2.22. The van der Waals surface area contributed by atoms with Crippen LogP contribution in [0.2, 0.25) is 0 Å². The van der Waals surface area contributed by atoms with Crippen LogP contribution in [0, 0.1) is 0 Å². The van der Waals surface area contributed by atoms with Gasteiger partial charge in [0, 0.05) is 45.3 Å². The number of rotatable bonds is 7. The molecule has 2 heterocycles. The Balaban J connectivity index is 1.91. The first kappa shape index (κ1) is 13.5. The van der Waals surface area contributed by atoms with Gasteiger partial charge in [0.15, 0.2) is 0 Å². The fraction of sp³-hybridized carbons (Fsp3) is 0.769. The minimum atomic E-state index is 0.724. The summed E-state index contributed by atoms with van der Waals surface area (Å²) in [4.78, 5) is 2.47. The van der Waals surface area contributed by atoms with E-state index in [0.29, 0.717) is 0 Å². The molecular formula is C13H23N3O2. The van der Waals surface area contributed by atoms with Crippen molar-refractivity contribution in [3.05, 3.63) is 17.0 Å². The summed E-state index contributed by atoms with van der Waals surface area (Å²) in [5, 5.41) is 7.50. The summed E-state index contributed by atoms with van der Waals surface area (Å²) in [6.07, 6.45) is 2.18. The van der Waals surface area contributed by atoms with Crippen LogP contribution < -0.4 is 5.32 Å². The van der Waals surface area contributed by atoms with Crippen molar-refractivity contribution in [2.45, 2.75) is 32.9 Å². The van der Waals surface area contributed by atoms with E-state index >= 15 is 0 Å². The number of fused-ring (bicyclic) bond motifs is 1. The molecule has 0 atom stereocenters. The number of methoxy groups -OCH3 is 1. The van der Waals surface area contributed by atoms with Crippen molar-refractivity contribution in [1.82, 2.24) is 15.4 Å². The molecule has 1 aliphatic heterocycles. The van der Waals surface area contributed by atoms with Crippen molar-refractivity contribution in [2.24, 2.45) is 0 Å². The standard InChI is InChI=1S/C13H23N3O2/c1-3-6-16-7-4-13-11(10-16)12(15-18-13)9-14-5-8-17-2/h14H,3-10H2,1-2H3. The SMILES string of the molecule is CCCN1CCc2onc(CNCCOC)c2C1. The molecule has 102 valence electrons. The molecule has 0 aliphatic carbocycles. The van der Waals surface area contributed by atoms with Gasteiger partial charge in [-0.2, -0.15) is 0 Å². The molecule has 0 bridgehead atoms. The first-order chi connectivity index (χ1) is 8.85. The van der Waals surface area contributed by atoms with Crippen LogP contribution in [0.1, 0.15) is 30.4 Å². The number of hydrogen-bond donors (Lipinski definition) is 1. The third kappa shape index (κ3) is 3.31. The van der Waals surface area contributed by atoms with Gasteiger partial charge in [0.1, 0.15) is 11.5 Å². The Morgan fingerprint density at radius 2 is 2.39 bits per heavy atom. The van der Waals surface area contributed by atoms with E-state index in [1.807, 2.05) is 0 Å². The van der Waals surface area contributed by atoms with Gasteiger partial charge < -0.3 is 14.6 Å². The van der Waals surface area contributed by atoms with Crippen LogP contribution in [0.15, 0.2) is 4.52 Å². The van der Waals surface area contributed by atoms with E-state index in [2.05, 4.69) is 22.3 Å². The normalized spacial score (nSPS) is 15.9. The van der Waals surface area contributed by atoms with Crippen molar-refractivity contribution in [2.75, 3.05) is 33.4 Å². The summed E-state index contributed by atoms with van der Waals surface area (Å²) >= 11 is 0. The minimum absolute atomic E-state index is 0.724. The average molecular weight is 253 g/mol. The van der Waals surface area contributed by atoms with Crippen LogP contribution in [-0.2, 0) is 24.2 Å². The molecule has 18 heavy (non-hydrogen) atoms. The predicted octanol–water partition coefficient (Wildman–Crippen LogP) is 1.18. The quantitative estimate of drug-likeness (QED) is 0.739. The molecular weight excluding hydrogens is 230 g/mol. The molecule has 0 radical (unpaired) electrons. The molecule has 5 heteroatoms. The molecule has 0 unspecified atom stereocenters. The maximum atomic E-state index is 5.42. The number of aromatic nitrogens is 1. The number of nitrogens with zero attached hydrogens (tertiary/aromatic N) is 2. The maximum Gasteiger partial charge on any atom is 0.142 e. The van der Waals surface area contributed by atoms with Crippen LogP contribution >= 0.6 is 0 Å². The molecule has 0 fully saturated rings. The van der Waals surface area contributed by atoms with Crippen molar-refractivity contribution in [3.8, 4) is 0 Å². The van der Waals surface area contributed by atoms with Gasteiger partial charge in [-0.1, -0.05) is 12.1 Å². The Hall–Kier alpha value is -0.910. The third-order valence-electron chi connectivity index (χ3n) is 3.30. The molecule has 1 aromatic rings. The lowest BCUT2D eigenvalue weighted by molar-refractivity contribution is 0.199. The molecule has 0 saturated carbocycles. The fourth-order valence-corrected chi connectivity index (χ4v) is 2.35. The monoisotopic (exact) mass is 253 g/mol. The summed E-state index contributed by atoms with van der Waals surface area (Å²) in [6, 6.07) is 0. The summed E-state index contributed by atoms with van der Waals surface area (Å²) < 4.78 is 10.4. The Morgan fingerprint density at radius 1 is 1.50 bits per heavy atom. The number of ether oxygens (including phenoxy) is 1. The topological polar surface area (TPSA) is 50.5 Å². The van der Waals surface area contributed by atoms with Gasteiger partial charge in [-0.3, -0.25) is 4.90 Å². The molecule has 2 rings (SSSR count). The Kier molecular flexibility index (Phi) is 5.16. The summed E-state index contributed by atoms with van der Waals surface area (Å²) in [5.41, 5.74) is 2.35. The van der Waals surface area contributed by atoms with E-state index in [0.717, 1.165) is 57.2 Å². The van der Waals surface area contributed by atoms with E-state index in [1.54, 1.807) is 7.11 Å². The van der Waals surface area contributed by atoms with Crippen molar-refractivity contribution in [1.29, 1.82) is 0 Å². The predicted molar refractivity (Wildman–Crippen MR) is 69.4 cm³/mol. The Morgan fingerprint density at radius 3 is 3.17 bits per heavy atom. The molecule has 0 spiro atoms. The largest absolute Gasteiger partial charge is 0.383 e. The van der Waals surface area contributed by atoms with E-state index in [1.165, 1.54) is 12.0 Å². The lowest BCUT2D eigenvalue weighted by Crippen LogP contribution is -2.31. The number of nitrogens with one attached hydrogen (secondary N) is 1. The van der Waals surface area contributed by atoms with Gasteiger partial charge >= 0.3 is 0 Å². The molecule has 1 aromatic heterocycles. The van der Waals surface area contributed by atoms with Gasteiger partial charge in [0.2, 0.25) is 0 Å². The van der Waals surface area contributed by atoms with Crippen LogP contribution in [-0.4, -0.2) is 43.4 Å². The van der Waals surface area contributed by atoms with Gasteiger partial charge in [0.25, 0.3) is 0 Å². The van der Waals surface area contributed by atoms with Crippen molar-refractivity contribution in [3.63, 3.8) is 0 Å². The third-order valence-corrected chi connectivity index (χ3v) is 3.30. The molecule has 0 saturated heterocycles. The zero-order valence-corrected chi connectivity index (χ0v) is 11.4. The molecule has 0 aromatic carbocycles. The Bertz CT molecular complexity index is 365. The van der Waals surface area contributed by atoms with E-state index in [-0.39, 0.29) is 0 Å². The second-order valence-corrected chi connectivity index (χ2v) is 4.73. The first-order valence-electron chi connectivity index (χ1n) is 6.73. The van der Waals surface area contributed by atoms with Crippen LogP contribution in [0.4, 0.5) is 0 Å². The first-order valence-corrected chi connectivity index (χ1v) is 6.73. The second-order valence-electron chi connectivity index (χ2n) is 4.73. The molecule has 5 nitrogen and oxygen atoms in total. The van der Waals surface area contributed by atoms with Gasteiger partial charge in [0.05, 0.1) is 6.61 Å². The highest BCUT2D eigenvalue weighted by molar-refractivity contribution is 5.25. The fourth-order valence-electron chi connectivity index (χ4n) is 2.35. The van der Waals surface area contributed by atoms with Crippen molar-refractivity contribution >= 4 is 0 Å². The average Bonchev–Trinajstić information content (AvgIpc) is 2.78. The summed E-state index contributed by atoms with van der Waals surface area (Å²) in [7, 11) is 1.71. The summed E-state index contributed by atoms with van der Waals surface area (Å²) in [6.45, 7) is 7.78. The number of hydrogen-bond acceptors (Lipinski definition) is 5. The van der Waals surface area contributed by atoms with Crippen LogP contribution in [0.5, 0.6) is 0 Å². The van der Waals surface area contributed by atoms with E-state index < -0.39 is 0 Å².